The van der Waals surface area contributed by atoms with Gasteiger partial charge in [0.2, 0.25) is 0 Å². The lowest BCUT2D eigenvalue weighted by Gasteiger charge is -2.08. The number of halogens is 1. The predicted octanol–water partition coefficient (Wildman–Crippen LogP) is 5.71. The normalized spacial score (nSPS) is 10.3. The molecule has 2 aromatic rings. The summed E-state index contributed by atoms with van der Waals surface area (Å²) >= 11 is 0. The first-order valence-electron chi connectivity index (χ1n) is 8.17. The monoisotopic (exact) mass is 311 g/mol. The van der Waals surface area contributed by atoms with Crippen LogP contribution in [0.25, 0.3) is 11.1 Å². The van der Waals surface area contributed by atoms with Crippen LogP contribution >= 0.6 is 0 Å². The van der Waals surface area contributed by atoms with Gasteiger partial charge in [-0.1, -0.05) is 50.8 Å². The maximum Gasteiger partial charge on any atom is 0.141 e. The molecule has 2 nitrogen and oxygen atoms in total. The SMILES string of the molecule is CCCCCCCOc1ccc(-c2ccc(C#N)c(F)c2)cc1. The Labute approximate surface area is 137 Å². The van der Waals surface area contributed by atoms with E-state index in [1.165, 1.54) is 37.8 Å². The Morgan fingerprint density at radius 1 is 0.957 bits per heavy atom. The Balaban J connectivity index is 1.89. The molecule has 2 aromatic carbocycles. The summed E-state index contributed by atoms with van der Waals surface area (Å²) in [6.07, 6.45) is 6.08. The van der Waals surface area contributed by atoms with Gasteiger partial charge in [-0.3, -0.25) is 0 Å². The third kappa shape index (κ3) is 5.10. The molecule has 120 valence electrons. The number of nitriles is 1. The van der Waals surface area contributed by atoms with Gasteiger partial charge in [-0.25, -0.2) is 4.39 Å². The maximum absolute atomic E-state index is 13.7. The molecule has 0 bridgehead atoms. The van der Waals surface area contributed by atoms with E-state index in [4.69, 9.17) is 10.00 Å². The van der Waals surface area contributed by atoms with E-state index in [-0.39, 0.29) is 5.56 Å². The topological polar surface area (TPSA) is 33.0 Å². The van der Waals surface area contributed by atoms with Gasteiger partial charge in [0.05, 0.1) is 12.2 Å². The Morgan fingerprint density at radius 3 is 2.30 bits per heavy atom. The van der Waals surface area contributed by atoms with E-state index >= 15 is 0 Å². The maximum atomic E-state index is 13.7. The fraction of sp³-hybridized carbons (Fsp3) is 0.350. The summed E-state index contributed by atoms with van der Waals surface area (Å²) in [4.78, 5) is 0. The summed E-state index contributed by atoms with van der Waals surface area (Å²) in [5.74, 6) is 0.343. The highest BCUT2D eigenvalue weighted by Gasteiger charge is 2.05. The molecule has 0 aliphatic heterocycles. The zero-order valence-corrected chi connectivity index (χ0v) is 13.5. The van der Waals surface area contributed by atoms with Gasteiger partial charge < -0.3 is 4.74 Å². The molecule has 0 saturated carbocycles. The Bertz CT molecular complexity index is 658. The quantitative estimate of drug-likeness (QED) is 0.585. The third-order valence-electron chi connectivity index (χ3n) is 3.79. The first kappa shape index (κ1) is 17.0. The van der Waals surface area contributed by atoms with Crippen molar-refractivity contribution < 1.29 is 9.13 Å². The number of hydrogen-bond donors (Lipinski definition) is 0. The minimum atomic E-state index is -0.489. The molecule has 0 atom stereocenters. The van der Waals surface area contributed by atoms with Crippen molar-refractivity contribution in [3.05, 3.63) is 53.8 Å². The number of hydrogen-bond acceptors (Lipinski definition) is 2. The lowest BCUT2D eigenvalue weighted by Crippen LogP contribution is -1.97. The first-order valence-corrected chi connectivity index (χ1v) is 8.17. The molecule has 0 N–H and O–H groups in total. The fourth-order valence-corrected chi connectivity index (χ4v) is 2.42. The lowest BCUT2D eigenvalue weighted by atomic mass is 10.0. The summed E-state index contributed by atoms with van der Waals surface area (Å²) in [5.41, 5.74) is 1.73. The van der Waals surface area contributed by atoms with E-state index in [2.05, 4.69) is 6.92 Å². The van der Waals surface area contributed by atoms with Crippen molar-refractivity contribution in [1.82, 2.24) is 0 Å². The summed E-state index contributed by atoms with van der Waals surface area (Å²) in [7, 11) is 0. The number of rotatable bonds is 8. The van der Waals surface area contributed by atoms with E-state index < -0.39 is 5.82 Å². The van der Waals surface area contributed by atoms with Crippen molar-refractivity contribution in [2.45, 2.75) is 39.0 Å². The second-order valence-corrected chi connectivity index (χ2v) is 5.59. The highest BCUT2D eigenvalue weighted by Crippen LogP contribution is 2.24. The second-order valence-electron chi connectivity index (χ2n) is 5.59. The van der Waals surface area contributed by atoms with Crippen LogP contribution < -0.4 is 4.74 Å². The van der Waals surface area contributed by atoms with Crippen LogP contribution in [-0.4, -0.2) is 6.61 Å². The van der Waals surface area contributed by atoms with Gasteiger partial charge in [0.15, 0.2) is 0 Å². The molecule has 0 aliphatic rings. The molecule has 0 amide bonds. The van der Waals surface area contributed by atoms with Crippen LogP contribution in [0.5, 0.6) is 5.75 Å². The lowest BCUT2D eigenvalue weighted by molar-refractivity contribution is 0.304. The number of nitrogens with zero attached hydrogens (tertiary/aromatic N) is 1. The average Bonchev–Trinajstić information content (AvgIpc) is 2.58. The van der Waals surface area contributed by atoms with Crippen molar-refractivity contribution >= 4 is 0 Å². The molecule has 0 radical (unpaired) electrons. The molecule has 0 spiro atoms. The Morgan fingerprint density at radius 2 is 1.65 bits per heavy atom. The largest absolute Gasteiger partial charge is 0.494 e. The molecule has 0 aromatic heterocycles. The van der Waals surface area contributed by atoms with Crippen LogP contribution in [0, 0.1) is 17.1 Å². The van der Waals surface area contributed by atoms with Crippen LogP contribution in [0.3, 0.4) is 0 Å². The molecule has 3 heteroatoms. The number of benzene rings is 2. The average molecular weight is 311 g/mol. The predicted molar refractivity (Wildman–Crippen MR) is 90.8 cm³/mol. The van der Waals surface area contributed by atoms with Gasteiger partial charge in [0.25, 0.3) is 0 Å². The molecule has 0 unspecified atom stereocenters. The van der Waals surface area contributed by atoms with Crippen LogP contribution in [-0.2, 0) is 0 Å². The Hall–Kier alpha value is -2.34. The van der Waals surface area contributed by atoms with Crippen LogP contribution in [0.15, 0.2) is 42.5 Å². The van der Waals surface area contributed by atoms with Gasteiger partial charge in [-0.05, 0) is 41.8 Å². The van der Waals surface area contributed by atoms with Crippen molar-refractivity contribution in [1.29, 1.82) is 5.26 Å². The fourth-order valence-electron chi connectivity index (χ4n) is 2.42. The third-order valence-corrected chi connectivity index (χ3v) is 3.79. The first-order chi connectivity index (χ1) is 11.2. The van der Waals surface area contributed by atoms with E-state index in [0.717, 1.165) is 29.9 Å². The van der Waals surface area contributed by atoms with Gasteiger partial charge in [0, 0.05) is 0 Å². The van der Waals surface area contributed by atoms with Gasteiger partial charge in [-0.2, -0.15) is 5.26 Å². The van der Waals surface area contributed by atoms with E-state index in [1.807, 2.05) is 30.3 Å². The van der Waals surface area contributed by atoms with Crippen molar-refractivity contribution in [3.8, 4) is 22.9 Å². The van der Waals surface area contributed by atoms with Crippen molar-refractivity contribution in [2.75, 3.05) is 6.61 Å². The minimum absolute atomic E-state index is 0.0665. The molecule has 0 aliphatic carbocycles. The van der Waals surface area contributed by atoms with E-state index in [9.17, 15) is 4.39 Å². The van der Waals surface area contributed by atoms with Crippen LogP contribution in [0.1, 0.15) is 44.6 Å². The molecule has 0 fully saturated rings. The highest BCUT2D eigenvalue weighted by atomic mass is 19.1. The molecule has 0 heterocycles. The second kappa shape index (κ2) is 8.95. The molecule has 2 rings (SSSR count). The molecule has 0 saturated heterocycles. The summed E-state index contributed by atoms with van der Waals surface area (Å²) in [6, 6.07) is 14.1. The zero-order chi connectivity index (χ0) is 16.5. The summed E-state index contributed by atoms with van der Waals surface area (Å²) in [6.45, 7) is 2.94. The molecular weight excluding hydrogens is 289 g/mol. The van der Waals surface area contributed by atoms with Gasteiger partial charge in [0.1, 0.15) is 17.6 Å². The van der Waals surface area contributed by atoms with E-state index in [1.54, 1.807) is 6.07 Å². The summed E-state index contributed by atoms with van der Waals surface area (Å²) < 4.78 is 19.4. The van der Waals surface area contributed by atoms with Gasteiger partial charge >= 0.3 is 0 Å². The van der Waals surface area contributed by atoms with Crippen molar-refractivity contribution in [3.63, 3.8) is 0 Å². The standard InChI is InChI=1S/C20H22FNO/c1-2-3-4-5-6-13-23-19-11-9-16(10-12-19)17-7-8-18(15-22)20(21)14-17/h7-12,14H,2-6,13H2,1H3. The Kier molecular flexibility index (Phi) is 6.62. The zero-order valence-electron chi connectivity index (χ0n) is 13.5. The van der Waals surface area contributed by atoms with Crippen molar-refractivity contribution in [2.24, 2.45) is 0 Å². The highest BCUT2D eigenvalue weighted by molar-refractivity contribution is 5.65. The van der Waals surface area contributed by atoms with E-state index in [0.29, 0.717) is 0 Å². The van der Waals surface area contributed by atoms with Gasteiger partial charge in [-0.15, -0.1) is 0 Å². The number of ether oxygens (including phenoxy) is 1. The number of unbranched alkanes of at least 4 members (excludes halogenated alkanes) is 4. The smallest absolute Gasteiger partial charge is 0.141 e. The molecular formula is C20H22FNO. The van der Waals surface area contributed by atoms with Crippen LogP contribution in [0.2, 0.25) is 0 Å². The molecule has 23 heavy (non-hydrogen) atoms. The summed E-state index contributed by atoms with van der Waals surface area (Å²) in [5, 5.41) is 8.76. The minimum Gasteiger partial charge on any atom is -0.494 e. The van der Waals surface area contributed by atoms with Crippen LogP contribution in [0.4, 0.5) is 4.39 Å².